The van der Waals surface area contributed by atoms with Crippen molar-refractivity contribution in [1.82, 2.24) is 4.98 Å². The summed E-state index contributed by atoms with van der Waals surface area (Å²) < 4.78 is 11.4. The second-order valence-electron chi connectivity index (χ2n) is 6.63. The summed E-state index contributed by atoms with van der Waals surface area (Å²) in [5, 5.41) is 11.3. The summed E-state index contributed by atoms with van der Waals surface area (Å²) in [6.45, 7) is 0.860. The molecule has 0 aliphatic carbocycles. The van der Waals surface area contributed by atoms with E-state index >= 15 is 0 Å². The number of unbranched alkanes of at least 4 members (excludes halogenated alkanes) is 1. The molecule has 1 N–H and O–H groups in total. The molecule has 0 atom stereocenters. The van der Waals surface area contributed by atoms with Crippen LogP contribution in [-0.2, 0) is 11.4 Å². The Morgan fingerprint density at radius 1 is 1.06 bits per heavy atom. The number of anilines is 1. The fourth-order valence-corrected chi connectivity index (χ4v) is 2.71. The van der Waals surface area contributed by atoms with Gasteiger partial charge in [0.25, 0.3) is 0 Å². The van der Waals surface area contributed by atoms with Crippen molar-refractivity contribution in [3.63, 3.8) is 0 Å². The molecule has 0 radical (unpaired) electrons. The Labute approximate surface area is 181 Å². The number of hydrogen-bond acceptors (Lipinski definition) is 5. The Hall–Kier alpha value is -4.11. The summed E-state index contributed by atoms with van der Waals surface area (Å²) in [5.41, 5.74) is 1.93. The lowest BCUT2D eigenvalue weighted by Gasteiger charge is -2.10. The Bertz CT molecular complexity index is 1060. The number of carbonyl (C=O) groups is 1. The smallest absolute Gasteiger partial charge is 0.249 e. The van der Waals surface area contributed by atoms with Gasteiger partial charge in [0, 0.05) is 18.7 Å². The minimum atomic E-state index is -0.323. The van der Waals surface area contributed by atoms with Crippen LogP contribution >= 0.6 is 0 Å². The fourth-order valence-electron chi connectivity index (χ4n) is 2.71. The summed E-state index contributed by atoms with van der Waals surface area (Å²) in [6, 6.07) is 23.0. The van der Waals surface area contributed by atoms with Crippen molar-refractivity contribution < 1.29 is 14.3 Å². The van der Waals surface area contributed by atoms with Crippen molar-refractivity contribution in [3.8, 4) is 17.6 Å². The molecule has 0 aliphatic rings. The first-order chi connectivity index (χ1) is 15.2. The minimum Gasteiger partial charge on any atom is -0.490 e. The number of nitrogens with one attached hydrogen (secondary N) is 1. The molecule has 6 heteroatoms. The number of rotatable bonds is 10. The van der Waals surface area contributed by atoms with Crippen LogP contribution in [0.25, 0.3) is 6.08 Å². The first-order valence-corrected chi connectivity index (χ1v) is 9.95. The second-order valence-corrected chi connectivity index (χ2v) is 6.63. The van der Waals surface area contributed by atoms with E-state index < -0.39 is 0 Å². The van der Waals surface area contributed by atoms with Crippen molar-refractivity contribution in [3.05, 3.63) is 90.1 Å². The number of amides is 1. The predicted octanol–water partition coefficient (Wildman–Crippen LogP) is 5.00. The van der Waals surface area contributed by atoms with Gasteiger partial charge in [0.05, 0.1) is 12.7 Å². The Morgan fingerprint density at radius 2 is 1.94 bits per heavy atom. The van der Waals surface area contributed by atoms with E-state index in [1.54, 1.807) is 24.4 Å². The second kappa shape index (κ2) is 11.8. The topological polar surface area (TPSA) is 84.2 Å². The van der Waals surface area contributed by atoms with Gasteiger partial charge in [-0.05, 0) is 47.9 Å². The zero-order valence-corrected chi connectivity index (χ0v) is 17.0. The maximum Gasteiger partial charge on any atom is 0.249 e. The molecule has 2 aromatic carbocycles. The van der Waals surface area contributed by atoms with Gasteiger partial charge in [-0.15, -0.1) is 0 Å². The molecule has 0 aliphatic heterocycles. The van der Waals surface area contributed by atoms with Crippen LogP contribution in [0.5, 0.6) is 11.5 Å². The largest absolute Gasteiger partial charge is 0.490 e. The maximum absolute atomic E-state index is 12.3. The molecule has 0 bridgehead atoms. The van der Waals surface area contributed by atoms with Gasteiger partial charge < -0.3 is 14.8 Å². The molecule has 1 heterocycles. The molecule has 0 fully saturated rings. The molecular formula is C25H23N3O3. The average molecular weight is 413 g/mol. The van der Waals surface area contributed by atoms with Gasteiger partial charge in [0.15, 0.2) is 11.6 Å². The number of aromatic nitrogens is 1. The van der Waals surface area contributed by atoms with Crippen LogP contribution in [0.4, 0.5) is 5.82 Å². The van der Waals surface area contributed by atoms with E-state index in [0.717, 1.165) is 16.9 Å². The molecule has 6 nitrogen and oxygen atoms in total. The highest BCUT2D eigenvalue weighted by Crippen LogP contribution is 2.21. The molecule has 1 amide bonds. The van der Waals surface area contributed by atoms with Crippen LogP contribution in [0.1, 0.15) is 24.0 Å². The van der Waals surface area contributed by atoms with Gasteiger partial charge >= 0.3 is 0 Å². The number of pyridine rings is 1. The highest BCUT2D eigenvalue weighted by atomic mass is 16.5. The van der Waals surface area contributed by atoms with Gasteiger partial charge in [-0.1, -0.05) is 42.5 Å². The third kappa shape index (κ3) is 7.33. The zero-order chi connectivity index (χ0) is 21.7. The third-order valence-electron chi connectivity index (χ3n) is 4.24. The minimum absolute atomic E-state index is 0.323. The van der Waals surface area contributed by atoms with Crippen LogP contribution < -0.4 is 14.8 Å². The standard InChI is InChI=1S/C25H23N3O3/c26-15-4-5-17-30-23-12-7-16-27-25(23)28-24(29)14-13-20-10-6-11-22(18-20)31-19-21-8-2-1-3-9-21/h1-3,6-14,16,18H,4-5,17,19H2,(H,27,28,29). The van der Waals surface area contributed by atoms with E-state index in [0.29, 0.717) is 37.6 Å². The fraction of sp³-hybridized carbons (Fsp3) is 0.160. The molecule has 0 saturated heterocycles. The SMILES string of the molecule is N#CCCCOc1cccnc1NC(=O)C=Cc1cccc(OCc2ccccc2)c1. The molecule has 0 spiro atoms. The molecule has 3 aromatic rings. The van der Waals surface area contributed by atoms with E-state index in [-0.39, 0.29) is 5.91 Å². The van der Waals surface area contributed by atoms with Crippen LogP contribution in [0, 0.1) is 11.3 Å². The quantitative estimate of drug-likeness (QED) is 0.374. The van der Waals surface area contributed by atoms with Gasteiger partial charge in [-0.2, -0.15) is 5.26 Å². The summed E-state index contributed by atoms with van der Waals surface area (Å²) in [4.78, 5) is 16.5. The van der Waals surface area contributed by atoms with E-state index in [2.05, 4.69) is 16.4 Å². The van der Waals surface area contributed by atoms with Crippen molar-refractivity contribution in [1.29, 1.82) is 5.26 Å². The lowest BCUT2D eigenvalue weighted by atomic mass is 10.2. The van der Waals surface area contributed by atoms with E-state index in [4.69, 9.17) is 14.7 Å². The maximum atomic E-state index is 12.3. The number of carbonyl (C=O) groups excluding carboxylic acids is 1. The van der Waals surface area contributed by atoms with Crippen molar-refractivity contribution in [2.45, 2.75) is 19.4 Å². The lowest BCUT2D eigenvalue weighted by molar-refractivity contribution is -0.111. The number of benzene rings is 2. The van der Waals surface area contributed by atoms with E-state index in [1.807, 2.05) is 54.6 Å². The summed E-state index contributed by atoms with van der Waals surface area (Å²) in [7, 11) is 0. The number of ether oxygens (including phenoxy) is 2. The average Bonchev–Trinajstić information content (AvgIpc) is 2.81. The monoisotopic (exact) mass is 413 g/mol. The molecule has 0 unspecified atom stereocenters. The molecule has 31 heavy (non-hydrogen) atoms. The summed E-state index contributed by atoms with van der Waals surface area (Å²) in [6.07, 6.45) is 5.75. The Balaban J connectivity index is 1.56. The van der Waals surface area contributed by atoms with Crippen LogP contribution in [0.2, 0.25) is 0 Å². The van der Waals surface area contributed by atoms with Crippen LogP contribution in [0.15, 0.2) is 79.0 Å². The van der Waals surface area contributed by atoms with E-state index in [9.17, 15) is 4.79 Å². The molecule has 156 valence electrons. The third-order valence-corrected chi connectivity index (χ3v) is 4.24. The summed E-state index contributed by atoms with van der Waals surface area (Å²) >= 11 is 0. The summed E-state index contributed by atoms with van der Waals surface area (Å²) in [5.74, 6) is 1.22. The van der Waals surface area contributed by atoms with Crippen LogP contribution in [-0.4, -0.2) is 17.5 Å². The van der Waals surface area contributed by atoms with E-state index in [1.165, 1.54) is 6.08 Å². The highest BCUT2D eigenvalue weighted by molar-refractivity contribution is 6.02. The van der Waals surface area contributed by atoms with Gasteiger partial charge in [-0.25, -0.2) is 4.98 Å². The number of nitriles is 1. The molecule has 1 aromatic heterocycles. The predicted molar refractivity (Wildman–Crippen MR) is 119 cm³/mol. The van der Waals surface area contributed by atoms with Gasteiger partial charge in [-0.3, -0.25) is 4.79 Å². The van der Waals surface area contributed by atoms with Crippen LogP contribution in [0.3, 0.4) is 0 Å². The van der Waals surface area contributed by atoms with Crippen molar-refractivity contribution in [2.24, 2.45) is 0 Å². The molecule has 0 saturated carbocycles. The Morgan fingerprint density at radius 3 is 2.77 bits per heavy atom. The highest BCUT2D eigenvalue weighted by Gasteiger charge is 2.07. The van der Waals surface area contributed by atoms with Gasteiger partial charge in [0.2, 0.25) is 5.91 Å². The normalized spacial score (nSPS) is 10.4. The van der Waals surface area contributed by atoms with Crippen molar-refractivity contribution in [2.75, 3.05) is 11.9 Å². The molecular weight excluding hydrogens is 390 g/mol. The first-order valence-electron chi connectivity index (χ1n) is 9.95. The first kappa shape index (κ1) is 21.6. The lowest BCUT2D eigenvalue weighted by Crippen LogP contribution is -2.11. The van der Waals surface area contributed by atoms with Gasteiger partial charge in [0.1, 0.15) is 12.4 Å². The number of nitrogens with zero attached hydrogens (tertiary/aromatic N) is 2. The molecule has 3 rings (SSSR count). The zero-order valence-electron chi connectivity index (χ0n) is 17.0. The van der Waals surface area contributed by atoms with Crippen molar-refractivity contribution >= 4 is 17.8 Å². The Kier molecular flexibility index (Phi) is 8.21. The number of hydrogen-bond donors (Lipinski definition) is 1.